The number of benzene rings is 1. The molecule has 0 atom stereocenters. The number of hydrogen-bond donors (Lipinski definition) is 1. The van der Waals surface area contributed by atoms with Crippen molar-refractivity contribution in [3.05, 3.63) is 23.2 Å². The highest BCUT2D eigenvalue weighted by Gasteiger charge is 1.89. The van der Waals surface area contributed by atoms with Gasteiger partial charge in [-0.15, -0.1) is 0 Å². The van der Waals surface area contributed by atoms with Crippen molar-refractivity contribution in [3.8, 4) is 0 Å². The van der Waals surface area contributed by atoms with Gasteiger partial charge in [-0.25, -0.2) is 0 Å². The molecule has 1 aromatic carbocycles. The Morgan fingerprint density at radius 3 is 2.18 bits per heavy atom. The summed E-state index contributed by atoms with van der Waals surface area (Å²) in [5.41, 5.74) is 6.59. The number of nitrogens with two attached hydrogens (primary N) is 1. The highest BCUT2D eigenvalue weighted by Crippen LogP contribution is 2.09. The fraction of sp³-hybridized carbons (Fsp3) is 0.250. The maximum atomic E-state index is 5.59. The molecule has 0 bridgehead atoms. The Hall–Kier alpha value is -0.625. The highest BCUT2D eigenvalue weighted by molar-refractivity contribution is 6.36. The first-order valence-electron chi connectivity index (χ1n) is 3.50. The predicted molar refractivity (Wildman–Crippen MR) is 52.6 cm³/mol. The van der Waals surface area contributed by atoms with E-state index in [2.05, 4.69) is 0 Å². The van der Waals surface area contributed by atoms with Crippen molar-refractivity contribution >= 4 is 30.6 Å². The van der Waals surface area contributed by atoms with Crippen LogP contribution < -0.4 is 11.2 Å². The molecule has 1 nitrogen and oxygen atoms in total. The molecule has 11 heavy (non-hydrogen) atoms. The highest BCUT2D eigenvalue weighted by atomic mass is 35.5. The first-order valence-corrected chi connectivity index (χ1v) is 3.88. The van der Waals surface area contributed by atoms with E-state index in [1.165, 1.54) is 0 Å². The standard InChI is InChI=1S/C6H5BClN.C2H6/c7-4-1-5(8)3-6(9)2-4;1-2/h1-3H,9H2;1-2H3. The Morgan fingerprint density at radius 1 is 1.27 bits per heavy atom. The van der Waals surface area contributed by atoms with E-state index in [4.69, 9.17) is 25.2 Å². The minimum absolute atomic E-state index is 0.576. The second-order valence-corrected chi connectivity index (χ2v) is 2.25. The molecule has 2 radical (unpaired) electrons. The van der Waals surface area contributed by atoms with Crippen LogP contribution in [-0.4, -0.2) is 7.85 Å². The van der Waals surface area contributed by atoms with Crippen LogP contribution in [0.15, 0.2) is 18.2 Å². The van der Waals surface area contributed by atoms with Crippen molar-refractivity contribution in [2.45, 2.75) is 13.8 Å². The summed E-state index contributed by atoms with van der Waals surface area (Å²) in [4.78, 5) is 0. The normalized spacial score (nSPS) is 8.27. The van der Waals surface area contributed by atoms with Crippen molar-refractivity contribution in [2.75, 3.05) is 5.73 Å². The van der Waals surface area contributed by atoms with Crippen molar-refractivity contribution < 1.29 is 0 Å². The predicted octanol–water partition coefficient (Wildman–Crippen LogP) is 1.74. The van der Waals surface area contributed by atoms with Crippen LogP contribution in [0.2, 0.25) is 5.02 Å². The van der Waals surface area contributed by atoms with E-state index in [1.807, 2.05) is 13.8 Å². The Kier molecular flexibility index (Phi) is 4.79. The second-order valence-electron chi connectivity index (χ2n) is 1.82. The van der Waals surface area contributed by atoms with Crippen LogP contribution in [0.5, 0.6) is 0 Å². The lowest BCUT2D eigenvalue weighted by atomic mass is 9.96. The Bertz CT molecular complexity index is 175. The maximum Gasteiger partial charge on any atom is 0.113 e. The van der Waals surface area contributed by atoms with Crippen LogP contribution in [0, 0.1) is 0 Å². The zero-order valence-electron chi connectivity index (χ0n) is 6.76. The number of anilines is 1. The van der Waals surface area contributed by atoms with Crippen molar-refractivity contribution in [3.63, 3.8) is 0 Å². The van der Waals surface area contributed by atoms with E-state index in [0.717, 1.165) is 0 Å². The summed E-state index contributed by atoms with van der Waals surface area (Å²) < 4.78 is 0. The maximum absolute atomic E-state index is 5.59. The molecule has 0 saturated carbocycles. The van der Waals surface area contributed by atoms with Crippen LogP contribution >= 0.6 is 11.6 Å². The number of rotatable bonds is 0. The minimum atomic E-state index is 0.576. The molecule has 58 valence electrons. The summed E-state index contributed by atoms with van der Waals surface area (Å²) in [5, 5.41) is 0.576. The van der Waals surface area contributed by atoms with E-state index >= 15 is 0 Å². The van der Waals surface area contributed by atoms with E-state index in [0.29, 0.717) is 16.2 Å². The number of halogens is 1. The molecule has 0 heterocycles. The molecule has 0 saturated heterocycles. The molecular formula is C8H11BClN. The summed E-state index contributed by atoms with van der Waals surface area (Å²) >= 11 is 5.59. The van der Waals surface area contributed by atoms with Crippen molar-refractivity contribution in [1.29, 1.82) is 0 Å². The second kappa shape index (κ2) is 5.08. The lowest BCUT2D eigenvalue weighted by Gasteiger charge is -1.95. The molecule has 0 aromatic heterocycles. The molecule has 1 aromatic rings. The van der Waals surface area contributed by atoms with Gasteiger partial charge in [0.2, 0.25) is 0 Å². The molecule has 0 spiro atoms. The van der Waals surface area contributed by atoms with Gasteiger partial charge < -0.3 is 5.73 Å². The van der Waals surface area contributed by atoms with Crippen LogP contribution in [0.4, 0.5) is 5.69 Å². The van der Waals surface area contributed by atoms with E-state index < -0.39 is 0 Å². The zero-order chi connectivity index (χ0) is 8.85. The topological polar surface area (TPSA) is 26.0 Å². The van der Waals surface area contributed by atoms with Gasteiger partial charge in [0, 0.05) is 10.7 Å². The lowest BCUT2D eigenvalue weighted by Crippen LogP contribution is -2.02. The van der Waals surface area contributed by atoms with Gasteiger partial charge in [0.25, 0.3) is 0 Å². The molecule has 0 aliphatic heterocycles. The van der Waals surface area contributed by atoms with Gasteiger partial charge in [0.05, 0.1) is 0 Å². The summed E-state index contributed by atoms with van der Waals surface area (Å²) in [5.74, 6) is 0. The monoisotopic (exact) mass is 167 g/mol. The summed E-state index contributed by atoms with van der Waals surface area (Å²) in [6.07, 6.45) is 0. The Morgan fingerprint density at radius 2 is 1.82 bits per heavy atom. The summed E-state index contributed by atoms with van der Waals surface area (Å²) in [7, 11) is 5.40. The van der Waals surface area contributed by atoms with Gasteiger partial charge in [0.1, 0.15) is 7.85 Å². The van der Waals surface area contributed by atoms with Crippen molar-refractivity contribution in [1.82, 2.24) is 0 Å². The van der Waals surface area contributed by atoms with Crippen LogP contribution in [0.1, 0.15) is 13.8 Å². The quantitative estimate of drug-likeness (QED) is 0.462. The summed E-state index contributed by atoms with van der Waals surface area (Å²) in [6.45, 7) is 4.00. The fourth-order valence-electron chi connectivity index (χ4n) is 0.636. The first-order chi connectivity index (χ1) is 5.18. The minimum Gasteiger partial charge on any atom is -0.399 e. The van der Waals surface area contributed by atoms with Crippen LogP contribution in [-0.2, 0) is 0 Å². The third kappa shape index (κ3) is 3.94. The molecule has 0 aliphatic rings. The molecule has 0 fully saturated rings. The number of nitrogen functional groups attached to an aromatic ring is 1. The molecular weight excluding hydrogens is 156 g/mol. The van der Waals surface area contributed by atoms with Gasteiger partial charge >= 0.3 is 0 Å². The number of hydrogen-bond acceptors (Lipinski definition) is 1. The Labute approximate surface area is 74.0 Å². The van der Waals surface area contributed by atoms with E-state index in [1.54, 1.807) is 18.2 Å². The molecule has 1 rings (SSSR count). The van der Waals surface area contributed by atoms with Gasteiger partial charge in [0.15, 0.2) is 0 Å². The molecule has 2 N–H and O–H groups in total. The summed E-state index contributed by atoms with van der Waals surface area (Å²) in [6, 6.07) is 4.96. The SMILES string of the molecule is CC.[B]c1cc(N)cc(Cl)c1. The van der Waals surface area contributed by atoms with E-state index in [-0.39, 0.29) is 0 Å². The average Bonchev–Trinajstić information content (AvgIpc) is 1.88. The van der Waals surface area contributed by atoms with Gasteiger partial charge in [-0.05, 0) is 12.1 Å². The van der Waals surface area contributed by atoms with Crippen LogP contribution in [0.25, 0.3) is 0 Å². The average molecular weight is 167 g/mol. The van der Waals surface area contributed by atoms with Gasteiger partial charge in [-0.1, -0.05) is 37.0 Å². The van der Waals surface area contributed by atoms with E-state index in [9.17, 15) is 0 Å². The Balaban J connectivity index is 0.000000461. The zero-order valence-corrected chi connectivity index (χ0v) is 7.52. The van der Waals surface area contributed by atoms with Gasteiger partial charge in [-0.2, -0.15) is 0 Å². The van der Waals surface area contributed by atoms with Crippen LogP contribution in [0.3, 0.4) is 0 Å². The fourth-order valence-corrected chi connectivity index (χ4v) is 0.888. The smallest absolute Gasteiger partial charge is 0.113 e. The molecule has 0 aliphatic carbocycles. The third-order valence-electron chi connectivity index (χ3n) is 0.942. The molecule has 0 unspecified atom stereocenters. The lowest BCUT2D eigenvalue weighted by molar-refractivity contribution is 1.50. The largest absolute Gasteiger partial charge is 0.399 e. The first kappa shape index (κ1) is 10.4. The third-order valence-corrected chi connectivity index (χ3v) is 1.16. The van der Waals surface area contributed by atoms with Crippen molar-refractivity contribution in [2.24, 2.45) is 0 Å². The molecule has 0 amide bonds. The van der Waals surface area contributed by atoms with Gasteiger partial charge in [-0.3, -0.25) is 0 Å². The molecule has 3 heteroatoms.